The Morgan fingerprint density at radius 1 is 0.906 bits per heavy atom. The lowest BCUT2D eigenvalue weighted by Gasteiger charge is -2.06. The molecule has 0 aliphatic carbocycles. The molecule has 0 aliphatic heterocycles. The molecule has 1 amide bonds. The minimum absolute atomic E-state index is 0.216. The number of ether oxygens (including phenoxy) is 1. The highest BCUT2D eigenvalue weighted by atomic mass is 35.5. The third-order valence-corrected chi connectivity index (χ3v) is 5.13. The van der Waals surface area contributed by atoms with Crippen LogP contribution in [-0.4, -0.2) is 18.1 Å². The number of benzene rings is 4. The first-order chi connectivity index (χ1) is 15.6. The second-order valence-electron chi connectivity index (χ2n) is 7.05. The second-order valence-corrected chi connectivity index (χ2v) is 7.46. The van der Waals surface area contributed by atoms with Crippen molar-refractivity contribution in [1.29, 1.82) is 0 Å². The lowest BCUT2D eigenvalue weighted by molar-refractivity contribution is -0.120. The summed E-state index contributed by atoms with van der Waals surface area (Å²) in [6.45, 7) is 0. The van der Waals surface area contributed by atoms with Gasteiger partial charge in [-0.15, -0.1) is 0 Å². The molecule has 32 heavy (non-hydrogen) atoms. The molecule has 0 heterocycles. The van der Waals surface area contributed by atoms with Gasteiger partial charge < -0.3 is 4.74 Å². The van der Waals surface area contributed by atoms with Gasteiger partial charge in [0.1, 0.15) is 5.75 Å². The molecule has 0 saturated carbocycles. The molecule has 158 valence electrons. The van der Waals surface area contributed by atoms with Gasteiger partial charge >= 0.3 is 5.97 Å². The van der Waals surface area contributed by atoms with Crippen molar-refractivity contribution in [1.82, 2.24) is 5.43 Å². The van der Waals surface area contributed by atoms with E-state index < -0.39 is 5.97 Å². The Morgan fingerprint density at radius 2 is 1.66 bits per heavy atom. The van der Waals surface area contributed by atoms with Crippen LogP contribution in [0.5, 0.6) is 5.75 Å². The van der Waals surface area contributed by atoms with Crippen LogP contribution in [0.2, 0.25) is 5.02 Å². The standard InChI is InChI=1S/C26H19ClN2O3/c27-24-14-4-3-13-23(24)26(31)32-21-11-5-7-18(15-21)17-28-29-25(30)16-20-10-6-9-19-8-1-2-12-22(19)20/h1-15,17H,16H2,(H,29,30). The SMILES string of the molecule is O=C(Cc1cccc2ccccc12)NN=Cc1cccc(OC(=O)c2ccccc2Cl)c1. The molecule has 0 fully saturated rings. The van der Waals surface area contributed by atoms with Gasteiger partial charge in [-0.2, -0.15) is 5.10 Å². The van der Waals surface area contributed by atoms with Gasteiger partial charge in [0.05, 0.1) is 23.2 Å². The quantitative estimate of drug-likeness (QED) is 0.188. The minimum atomic E-state index is -0.548. The van der Waals surface area contributed by atoms with Gasteiger partial charge in [0.2, 0.25) is 5.91 Å². The number of nitrogens with zero attached hydrogens (tertiary/aromatic N) is 1. The first kappa shape index (κ1) is 21.3. The number of hydrazone groups is 1. The largest absolute Gasteiger partial charge is 0.423 e. The number of carbonyl (C=O) groups excluding carboxylic acids is 2. The molecule has 0 radical (unpaired) electrons. The fraction of sp³-hybridized carbons (Fsp3) is 0.0385. The summed E-state index contributed by atoms with van der Waals surface area (Å²) >= 11 is 6.04. The number of fused-ring (bicyclic) bond motifs is 1. The average molecular weight is 443 g/mol. The molecule has 0 aromatic heterocycles. The Hall–Kier alpha value is -3.96. The van der Waals surface area contributed by atoms with E-state index in [-0.39, 0.29) is 17.9 Å². The van der Waals surface area contributed by atoms with Gasteiger partial charge in [-0.05, 0) is 46.2 Å². The fourth-order valence-electron chi connectivity index (χ4n) is 3.29. The van der Waals surface area contributed by atoms with Crippen LogP contribution in [0.1, 0.15) is 21.5 Å². The van der Waals surface area contributed by atoms with Crippen molar-refractivity contribution in [3.05, 3.63) is 113 Å². The van der Waals surface area contributed by atoms with Gasteiger partial charge in [-0.3, -0.25) is 4.79 Å². The van der Waals surface area contributed by atoms with Crippen LogP contribution in [0.3, 0.4) is 0 Å². The van der Waals surface area contributed by atoms with Crippen molar-refractivity contribution in [2.75, 3.05) is 0 Å². The number of halogens is 1. The molecule has 0 atom stereocenters. The Kier molecular flexibility index (Phi) is 6.58. The van der Waals surface area contributed by atoms with E-state index in [4.69, 9.17) is 16.3 Å². The molecular formula is C26H19ClN2O3. The zero-order chi connectivity index (χ0) is 22.3. The lowest BCUT2D eigenvalue weighted by atomic mass is 10.0. The monoisotopic (exact) mass is 442 g/mol. The van der Waals surface area contributed by atoms with Crippen molar-refractivity contribution in [3.63, 3.8) is 0 Å². The number of nitrogens with one attached hydrogen (secondary N) is 1. The summed E-state index contributed by atoms with van der Waals surface area (Å²) in [6, 6.07) is 27.3. The van der Waals surface area contributed by atoms with Crippen LogP contribution < -0.4 is 10.2 Å². The van der Waals surface area contributed by atoms with E-state index in [1.54, 1.807) is 48.5 Å². The summed E-state index contributed by atoms with van der Waals surface area (Å²) in [4.78, 5) is 24.7. The van der Waals surface area contributed by atoms with Gasteiger partial charge in [0.15, 0.2) is 0 Å². The molecule has 1 N–H and O–H groups in total. The molecule has 0 spiro atoms. The molecule has 4 aromatic rings. The molecule has 4 rings (SSSR count). The summed E-state index contributed by atoms with van der Waals surface area (Å²) in [5.74, 6) is -0.423. The van der Waals surface area contributed by atoms with Crippen LogP contribution in [0.4, 0.5) is 0 Å². The molecule has 0 bridgehead atoms. The first-order valence-corrected chi connectivity index (χ1v) is 10.3. The Balaban J connectivity index is 1.38. The van der Waals surface area contributed by atoms with E-state index >= 15 is 0 Å². The van der Waals surface area contributed by atoms with Crippen molar-refractivity contribution >= 4 is 40.5 Å². The van der Waals surface area contributed by atoms with E-state index in [1.165, 1.54) is 6.21 Å². The van der Waals surface area contributed by atoms with Crippen molar-refractivity contribution in [2.45, 2.75) is 6.42 Å². The highest BCUT2D eigenvalue weighted by molar-refractivity contribution is 6.33. The summed E-state index contributed by atoms with van der Waals surface area (Å²) in [5.41, 5.74) is 4.43. The molecule has 0 unspecified atom stereocenters. The number of hydrogen-bond donors (Lipinski definition) is 1. The minimum Gasteiger partial charge on any atom is -0.423 e. The lowest BCUT2D eigenvalue weighted by Crippen LogP contribution is -2.19. The van der Waals surface area contributed by atoms with Gasteiger partial charge in [0, 0.05) is 0 Å². The number of amides is 1. The van der Waals surface area contributed by atoms with Gasteiger partial charge in [-0.1, -0.05) is 78.3 Å². The molecular weight excluding hydrogens is 424 g/mol. The average Bonchev–Trinajstić information content (AvgIpc) is 2.80. The second kappa shape index (κ2) is 9.90. The number of rotatable bonds is 6. The maximum absolute atomic E-state index is 12.3. The third-order valence-electron chi connectivity index (χ3n) is 4.80. The number of hydrogen-bond acceptors (Lipinski definition) is 4. The van der Waals surface area contributed by atoms with Gasteiger partial charge in [0.25, 0.3) is 0 Å². The van der Waals surface area contributed by atoms with E-state index in [0.29, 0.717) is 16.3 Å². The number of carbonyl (C=O) groups is 2. The third kappa shape index (κ3) is 5.20. The van der Waals surface area contributed by atoms with Crippen LogP contribution in [0.25, 0.3) is 10.8 Å². The maximum atomic E-state index is 12.3. The topological polar surface area (TPSA) is 67.8 Å². The predicted molar refractivity (Wildman–Crippen MR) is 126 cm³/mol. The van der Waals surface area contributed by atoms with Crippen LogP contribution in [0.15, 0.2) is 96.1 Å². The maximum Gasteiger partial charge on any atom is 0.345 e. The highest BCUT2D eigenvalue weighted by Crippen LogP contribution is 2.20. The Morgan fingerprint density at radius 3 is 2.53 bits per heavy atom. The van der Waals surface area contributed by atoms with E-state index in [1.807, 2.05) is 42.5 Å². The molecule has 4 aromatic carbocycles. The van der Waals surface area contributed by atoms with E-state index in [0.717, 1.165) is 16.3 Å². The normalized spacial score (nSPS) is 10.9. The van der Waals surface area contributed by atoms with E-state index in [9.17, 15) is 9.59 Å². The molecule has 6 heteroatoms. The summed E-state index contributed by atoms with van der Waals surface area (Å²) in [7, 11) is 0. The predicted octanol–water partition coefficient (Wildman–Crippen LogP) is 5.41. The number of esters is 1. The van der Waals surface area contributed by atoms with Crippen molar-refractivity contribution < 1.29 is 14.3 Å². The zero-order valence-electron chi connectivity index (χ0n) is 17.0. The van der Waals surface area contributed by atoms with Crippen molar-refractivity contribution in [3.8, 4) is 5.75 Å². The zero-order valence-corrected chi connectivity index (χ0v) is 17.8. The Bertz CT molecular complexity index is 1310. The molecule has 0 saturated heterocycles. The van der Waals surface area contributed by atoms with Crippen molar-refractivity contribution in [2.24, 2.45) is 5.10 Å². The van der Waals surface area contributed by atoms with Gasteiger partial charge in [-0.25, -0.2) is 10.2 Å². The van der Waals surface area contributed by atoms with Crippen LogP contribution >= 0.6 is 11.6 Å². The highest BCUT2D eigenvalue weighted by Gasteiger charge is 2.12. The van der Waals surface area contributed by atoms with Crippen LogP contribution in [0, 0.1) is 0 Å². The molecule has 5 nitrogen and oxygen atoms in total. The first-order valence-electron chi connectivity index (χ1n) is 9.95. The summed E-state index contributed by atoms with van der Waals surface area (Å²) in [5, 5.41) is 6.48. The Labute approximate surface area is 190 Å². The molecule has 0 aliphatic rings. The van der Waals surface area contributed by atoms with Crippen LogP contribution in [-0.2, 0) is 11.2 Å². The smallest absolute Gasteiger partial charge is 0.345 e. The summed E-state index contributed by atoms with van der Waals surface area (Å²) in [6.07, 6.45) is 1.71. The fourth-order valence-corrected chi connectivity index (χ4v) is 3.50. The van der Waals surface area contributed by atoms with E-state index in [2.05, 4.69) is 10.5 Å². The summed E-state index contributed by atoms with van der Waals surface area (Å²) < 4.78 is 5.40.